The van der Waals surface area contributed by atoms with E-state index in [1.54, 1.807) is 35.7 Å². The van der Waals surface area contributed by atoms with Gasteiger partial charge in [-0.1, -0.05) is 40.8 Å². The summed E-state index contributed by atoms with van der Waals surface area (Å²) in [5.74, 6) is 0. The third-order valence-corrected chi connectivity index (χ3v) is 4.45. The lowest BCUT2D eigenvalue weighted by Gasteiger charge is -2.10. The number of rotatable bonds is 7. The summed E-state index contributed by atoms with van der Waals surface area (Å²) >= 11 is 3.23. The topological polar surface area (TPSA) is 47.0 Å². The third-order valence-electron chi connectivity index (χ3n) is 2.55. The molecule has 0 aliphatic heterocycles. The Hall–Kier alpha value is -0.950. The summed E-state index contributed by atoms with van der Waals surface area (Å²) in [5.41, 5.74) is 4.31. The number of hydrogen-bond acceptors (Lipinski definition) is 6. The molecule has 0 unspecified atom stereocenters. The fraction of sp³-hybridized carbons (Fsp3) is 0.385. The first-order valence-electron chi connectivity index (χ1n) is 6.03. The number of nitrogens with zero attached hydrogens (tertiary/aromatic N) is 2. The lowest BCUT2D eigenvalue weighted by molar-refractivity contribution is 0.199. The maximum absolute atomic E-state index is 5.03. The Labute approximate surface area is 121 Å². The zero-order valence-electron chi connectivity index (χ0n) is 11.0. The Morgan fingerprint density at radius 1 is 1.42 bits per heavy atom. The Kier molecular flexibility index (Phi) is 5.78. The van der Waals surface area contributed by atoms with Crippen LogP contribution in [0.15, 0.2) is 32.9 Å². The molecule has 102 valence electrons. The summed E-state index contributed by atoms with van der Waals surface area (Å²) in [6, 6.07) is 6.49. The van der Waals surface area contributed by atoms with Gasteiger partial charge in [0, 0.05) is 25.1 Å². The van der Waals surface area contributed by atoms with Gasteiger partial charge in [-0.3, -0.25) is 0 Å². The first kappa shape index (κ1) is 14.5. The number of methoxy groups -OCH3 is 1. The zero-order valence-corrected chi connectivity index (χ0v) is 12.7. The summed E-state index contributed by atoms with van der Waals surface area (Å²) < 4.78 is 6.01. The van der Waals surface area contributed by atoms with E-state index in [0.29, 0.717) is 0 Å². The summed E-state index contributed by atoms with van der Waals surface area (Å²) in [5, 5.41) is 11.3. The van der Waals surface area contributed by atoms with Crippen molar-refractivity contribution in [3.63, 3.8) is 0 Å². The molecule has 0 bridgehead atoms. The molecule has 0 fully saturated rings. The summed E-state index contributed by atoms with van der Waals surface area (Å²) in [6.07, 6.45) is 0. The Bertz CT molecular complexity index is 503. The van der Waals surface area contributed by atoms with Crippen molar-refractivity contribution in [1.29, 1.82) is 0 Å². The lowest BCUT2D eigenvalue weighted by atomic mass is 10.1. The molecule has 1 heterocycles. The van der Waals surface area contributed by atoms with Crippen LogP contribution >= 0.6 is 23.1 Å². The predicted octanol–water partition coefficient (Wildman–Crippen LogP) is 2.73. The van der Waals surface area contributed by atoms with E-state index in [1.807, 2.05) is 0 Å². The summed E-state index contributed by atoms with van der Waals surface area (Å²) in [4.78, 5) is 1.23. The molecule has 19 heavy (non-hydrogen) atoms. The molecule has 0 atom stereocenters. The van der Waals surface area contributed by atoms with Gasteiger partial charge in [0.1, 0.15) is 5.51 Å². The van der Waals surface area contributed by atoms with Crippen LogP contribution in [-0.2, 0) is 11.3 Å². The molecule has 0 spiro atoms. The SMILES string of the molecule is COCCNCc1cc(C)ccc1Sc1nncs1. The number of nitrogens with one attached hydrogen (secondary N) is 1. The van der Waals surface area contributed by atoms with Crippen molar-refractivity contribution in [2.24, 2.45) is 0 Å². The van der Waals surface area contributed by atoms with E-state index in [0.717, 1.165) is 24.0 Å². The second-order valence-electron chi connectivity index (χ2n) is 4.09. The molecule has 0 aliphatic carbocycles. The van der Waals surface area contributed by atoms with Crippen LogP contribution in [0.3, 0.4) is 0 Å². The van der Waals surface area contributed by atoms with Gasteiger partial charge in [-0.2, -0.15) is 0 Å². The molecule has 4 nitrogen and oxygen atoms in total. The van der Waals surface area contributed by atoms with Gasteiger partial charge in [0.2, 0.25) is 0 Å². The van der Waals surface area contributed by atoms with E-state index in [-0.39, 0.29) is 0 Å². The van der Waals surface area contributed by atoms with E-state index in [2.05, 4.69) is 40.6 Å². The predicted molar refractivity (Wildman–Crippen MR) is 78.8 cm³/mol. The van der Waals surface area contributed by atoms with Crippen LogP contribution in [0, 0.1) is 6.92 Å². The zero-order chi connectivity index (χ0) is 13.5. The smallest absolute Gasteiger partial charge is 0.178 e. The Morgan fingerprint density at radius 2 is 2.32 bits per heavy atom. The molecule has 2 aromatic rings. The molecule has 1 aromatic heterocycles. The van der Waals surface area contributed by atoms with Crippen molar-refractivity contribution >= 4 is 23.1 Å². The van der Waals surface area contributed by atoms with Gasteiger partial charge in [0.25, 0.3) is 0 Å². The van der Waals surface area contributed by atoms with Crippen LogP contribution in [0.2, 0.25) is 0 Å². The largest absolute Gasteiger partial charge is 0.383 e. The Balaban J connectivity index is 2.04. The minimum absolute atomic E-state index is 0.727. The van der Waals surface area contributed by atoms with Crippen LogP contribution < -0.4 is 5.32 Å². The van der Waals surface area contributed by atoms with Crippen molar-refractivity contribution in [1.82, 2.24) is 15.5 Å². The minimum Gasteiger partial charge on any atom is -0.383 e. The normalized spacial score (nSPS) is 10.8. The van der Waals surface area contributed by atoms with E-state index < -0.39 is 0 Å². The average molecular weight is 295 g/mol. The Morgan fingerprint density at radius 3 is 3.05 bits per heavy atom. The number of hydrogen-bond donors (Lipinski definition) is 1. The standard InChI is InChI=1S/C13H17N3OS2/c1-10-3-4-12(19-13-16-15-9-18-13)11(7-10)8-14-5-6-17-2/h3-4,7,9,14H,5-6,8H2,1-2H3. The van der Waals surface area contributed by atoms with E-state index in [9.17, 15) is 0 Å². The lowest BCUT2D eigenvalue weighted by Crippen LogP contribution is -2.18. The highest BCUT2D eigenvalue weighted by Gasteiger charge is 2.07. The maximum atomic E-state index is 5.03. The molecule has 6 heteroatoms. The number of aromatic nitrogens is 2. The number of aryl methyl sites for hydroxylation is 1. The molecule has 0 saturated heterocycles. The van der Waals surface area contributed by atoms with Crippen LogP contribution in [0.5, 0.6) is 0 Å². The third kappa shape index (κ3) is 4.58. The molecule has 1 N–H and O–H groups in total. The van der Waals surface area contributed by atoms with Crippen LogP contribution in [0.1, 0.15) is 11.1 Å². The molecule has 0 radical (unpaired) electrons. The molecular weight excluding hydrogens is 278 g/mol. The fourth-order valence-electron chi connectivity index (χ4n) is 1.64. The van der Waals surface area contributed by atoms with E-state index in [4.69, 9.17) is 4.74 Å². The summed E-state index contributed by atoms with van der Waals surface area (Å²) in [6.45, 7) is 4.53. The van der Waals surface area contributed by atoms with Crippen molar-refractivity contribution in [3.05, 3.63) is 34.8 Å². The van der Waals surface area contributed by atoms with E-state index >= 15 is 0 Å². The van der Waals surface area contributed by atoms with Gasteiger partial charge in [0.15, 0.2) is 4.34 Å². The first-order valence-corrected chi connectivity index (χ1v) is 7.72. The van der Waals surface area contributed by atoms with Crippen molar-refractivity contribution in [2.45, 2.75) is 22.7 Å². The highest BCUT2D eigenvalue weighted by Crippen LogP contribution is 2.31. The second kappa shape index (κ2) is 7.59. The molecular formula is C13H17N3OS2. The molecule has 1 aromatic carbocycles. The molecule has 0 aliphatic rings. The van der Waals surface area contributed by atoms with Crippen molar-refractivity contribution in [2.75, 3.05) is 20.3 Å². The van der Waals surface area contributed by atoms with Gasteiger partial charge in [-0.15, -0.1) is 10.2 Å². The first-order chi connectivity index (χ1) is 9.29. The van der Waals surface area contributed by atoms with Crippen molar-refractivity contribution < 1.29 is 4.74 Å². The maximum Gasteiger partial charge on any atom is 0.178 e. The highest BCUT2D eigenvalue weighted by atomic mass is 32.2. The fourth-order valence-corrected chi connectivity index (χ4v) is 3.19. The molecule has 0 saturated carbocycles. The van der Waals surface area contributed by atoms with Crippen LogP contribution in [0.4, 0.5) is 0 Å². The minimum atomic E-state index is 0.727. The highest BCUT2D eigenvalue weighted by molar-refractivity contribution is 8.01. The van der Waals surface area contributed by atoms with Gasteiger partial charge >= 0.3 is 0 Å². The van der Waals surface area contributed by atoms with Gasteiger partial charge in [-0.05, 0) is 18.6 Å². The second-order valence-corrected chi connectivity index (χ2v) is 6.21. The van der Waals surface area contributed by atoms with Gasteiger partial charge in [0.05, 0.1) is 6.61 Å². The number of ether oxygens (including phenoxy) is 1. The van der Waals surface area contributed by atoms with E-state index in [1.165, 1.54) is 16.0 Å². The quantitative estimate of drug-likeness (QED) is 0.796. The summed E-state index contributed by atoms with van der Waals surface area (Å²) in [7, 11) is 1.71. The number of benzene rings is 1. The van der Waals surface area contributed by atoms with Crippen LogP contribution in [0.25, 0.3) is 0 Å². The van der Waals surface area contributed by atoms with Gasteiger partial charge < -0.3 is 10.1 Å². The van der Waals surface area contributed by atoms with Gasteiger partial charge in [-0.25, -0.2) is 0 Å². The van der Waals surface area contributed by atoms with Crippen molar-refractivity contribution in [3.8, 4) is 0 Å². The average Bonchev–Trinajstić information content (AvgIpc) is 2.90. The van der Waals surface area contributed by atoms with Crippen LogP contribution in [-0.4, -0.2) is 30.5 Å². The molecule has 2 rings (SSSR count). The monoisotopic (exact) mass is 295 g/mol. The molecule has 0 amide bonds.